The lowest BCUT2D eigenvalue weighted by molar-refractivity contribution is -0.138. The summed E-state index contributed by atoms with van der Waals surface area (Å²) in [4.78, 5) is 13.6. The van der Waals surface area contributed by atoms with Gasteiger partial charge >= 0.3 is 0 Å². The van der Waals surface area contributed by atoms with Crippen LogP contribution >= 0.6 is 0 Å². The highest BCUT2D eigenvalue weighted by atomic mass is 16.5. The number of methoxy groups -OCH3 is 1. The molecule has 4 heteroatoms. The van der Waals surface area contributed by atoms with E-state index in [1.54, 1.807) is 7.11 Å². The molecule has 0 fully saturated rings. The van der Waals surface area contributed by atoms with Crippen LogP contribution < -0.4 is 0 Å². The summed E-state index contributed by atoms with van der Waals surface area (Å²) in [7, 11) is 1.55. The molecule has 1 amide bonds. The fourth-order valence-corrected chi connectivity index (χ4v) is 2.13. The molecule has 1 atom stereocenters. The molecule has 0 radical (unpaired) electrons. The number of ether oxygens (including phenoxy) is 1. The Labute approximate surface area is 89.4 Å². The third-order valence-electron chi connectivity index (χ3n) is 2.93. The summed E-state index contributed by atoms with van der Waals surface area (Å²) in [6.07, 6.45) is 2.06. The van der Waals surface area contributed by atoms with Crippen molar-refractivity contribution >= 4 is 5.91 Å². The average molecular weight is 208 g/mol. The number of hydrogen-bond donors (Lipinski definition) is 0. The predicted octanol–water partition coefficient (Wildman–Crippen LogP) is 1.04. The lowest BCUT2D eigenvalue weighted by atomic mass is 10.1. The molecule has 1 aliphatic rings. The van der Waals surface area contributed by atoms with E-state index in [0.29, 0.717) is 0 Å². The second kappa shape index (κ2) is 4.06. The highest BCUT2D eigenvalue weighted by Crippen LogP contribution is 2.25. The van der Waals surface area contributed by atoms with Gasteiger partial charge in [0.25, 0.3) is 0 Å². The van der Waals surface area contributed by atoms with E-state index in [9.17, 15) is 4.79 Å². The first-order valence-electron chi connectivity index (χ1n) is 5.17. The maximum Gasteiger partial charge on any atom is 0.249 e. The number of rotatable bonds is 2. The van der Waals surface area contributed by atoms with Crippen LogP contribution in [0.4, 0.5) is 0 Å². The highest BCUT2D eigenvalue weighted by molar-refractivity contribution is 5.78. The summed E-state index contributed by atoms with van der Waals surface area (Å²) in [6, 6.07) is 4.24. The maximum absolute atomic E-state index is 11.7. The topological polar surface area (TPSA) is 34.5 Å². The largest absolute Gasteiger partial charge is 0.375 e. The van der Waals surface area contributed by atoms with Gasteiger partial charge in [-0.25, -0.2) is 0 Å². The number of carbonyl (C=O) groups is 1. The molecule has 1 aromatic rings. The minimum Gasteiger partial charge on any atom is -0.375 e. The van der Waals surface area contributed by atoms with Gasteiger partial charge in [-0.05, 0) is 19.1 Å². The van der Waals surface area contributed by atoms with Gasteiger partial charge in [0, 0.05) is 32.1 Å². The van der Waals surface area contributed by atoms with Gasteiger partial charge in [0.1, 0.15) is 6.61 Å². The van der Waals surface area contributed by atoms with Gasteiger partial charge in [-0.2, -0.15) is 0 Å². The lowest BCUT2D eigenvalue weighted by Crippen LogP contribution is -2.42. The Kier molecular flexibility index (Phi) is 2.77. The van der Waals surface area contributed by atoms with E-state index in [4.69, 9.17) is 4.74 Å². The second-order valence-corrected chi connectivity index (χ2v) is 3.82. The van der Waals surface area contributed by atoms with Gasteiger partial charge < -0.3 is 14.2 Å². The molecule has 0 spiro atoms. The van der Waals surface area contributed by atoms with E-state index in [-0.39, 0.29) is 18.6 Å². The van der Waals surface area contributed by atoms with Crippen molar-refractivity contribution in [3.8, 4) is 0 Å². The Bertz CT molecular complexity index is 359. The molecule has 0 aliphatic carbocycles. The molecule has 1 aliphatic heterocycles. The van der Waals surface area contributed by atoms with Crippen molar-refractivity contribution in [3.63, 3.8) is 0 Å². The van der Waals surface area contributed by atoms with Crippen molar-refractivity contribution in [1.29, 1.82) is 0 Å². The van der Waals surface area contributed by atoms with Crippen LogP contribution in [0.15, 0.2) is 18.3 Å². The number of carbonyl (C=O) groups excluding carboxylic acids is 1. The standard InChI is InChI=1S/C11H16N2O2/c1-9-10-4-3-5-12(10)6-7-13(9)11(14)8-15-2/h3-5,9H,6-8H2,1-2H3. The molecule has 0 bridgehead atoms. The zero-order valence-electron chi connectivity index (χ0n) is 9.14. The first kappa shape index (κ1) is 10.2. The van der Waals surface area contributed by atoms with Crippen LogP contribution in [0.2, 0.25) is 0 Å². The summed E-state index contributed by atoms with van der Waals surface area (Å²) in [5.74, 6) is 0.0671. The summed E-state index contributed by atoms with van der Waals surface area (Å²) in [5.41, 5.74) is 1.20. The quantitative estimate of drug-likeness (QED) is 0.727. The third-order valence-corrected chi connectivity index (χ3v) is 2.93. The Morgan fingerprint density at radius 2 is 2.40 bits per heavy atom. The van der Waals surface area contributed by atoms with Crippen LogP contribution in [-0.4, -0.2) is 35.6 Å². The Morgan fingerprint density at radius 1 is 1.60 bits per heavy atom. The molecule has 2 rings (SSSR count). The molecule has 4 nitrogen and oxygen atoms in total. The molecule has 82 valence electrons. The minimum atomic E-state index is 0.0671. The highest BCUT2D eigenvalue weighted by Gasteiger charge is 2.26. The van der Waals surface area contributed by atoms with Crippen LogP contribution in [0.25, 0.3) is 0 Å². The van der Waals surface area contributed by atoms with E-state index in [1.807, 2.05) is 11.0 Å². The fraction of sp³-hybridized carbons (Fsp3) is 0.545. The van der Waals surface area contributed by atoms with Gasteiger partial charge in [0.05, 0.1) is 6.04 Å². The SMILES string of the molecule is COCC(=O)N1CCn2cccc2C1C. The van der Waals surface area contributed by atoms with Crippen LogP contribution in [0.5, 0.6) is 0 Å². The van der Waals surface area contributed by atoms with Crippen LogP contribution in [0, 0.1) is 0 Å². The predicted molar refractivity (Wildman–Crippen MR) is 56.4 cm³/mol. The minimum absolute atomic E-state index is 0.0671. The molecule has 0 aromatic carbocycles. The van der Waals surface area contributed by atoms with Crippen molar-refractivity contribution < 1.29 is 9.53 Å². The molecule has 0 saturated heterocycles. The fourth-order valence-electron chi connectivity index (χ4n) is 2.13. The van der Waals surface area contributed by atoms with Crippen molar-refractivity contribution in [1.82, 2.24) is 9.47 Å². The number of amides is 1. The van der Waals surface area contributed by atoms with E-state index >= 15 is 0 Å². The Hall–Kier alpha value is -1.29. The normalized spacial score (nSPS) is 20.1. The van der Waals surface area contributed by atoms with Crippen molar-refractivity contribution in [2.75, 3.05) is 20.3 Å². The van der Waals surface area contributed by atoms with Crippen molar-refractivity contribution in [2.24, 2.45) is 0 Å². The first-order valence-corrected chi connectivity index (χ1v) is 5.17. The average Bonchev–Trinajstić information content (AvgIpc) is 2.67. The molecule has 1 aromatic heterocycles. The lowest BCUT2D eigenvalue weighted by Gasteiger charge is -2.34. The van der Waals surface area contributed by atoms with Gasteiger partial charge in [-0.3, -0.25) is 4.79 Å². The summed E-state index contributed by atoms with van der Waals surface area (Å²) in [5, 5.41) is 0. The van der Waals surface area contributed by atoms with Gasteiger partial charge in [-0.15, -0.1) is 0 Å². The molecule has 0 saturated carbocycles. The summed E-state index contributed by atoms with van der Waals surface area (Å²) in [6.45, 7) is 3.87. The number of fused-ring (bicyclic) bond motifs is 1. The van der Waals surface area contributed by atoms with E-state index in [2.05, 4.69) is 23.8 Å². The number of hydrogen-bond acceptors (Lipinski definition) is 2. The molecule has 15 heavy (non-hydrogen) atoms. The summed E-state index contributed by atoms with van der Waals surface area (Å²) < 4.78 is 7.07. The van der Waals surface area contributed by atoms with Gasteiger partial charge in [0.15, 0.2) is 0 Å². The monoisotopic (exact) mass is 208 g/mol. The molecule has 2 heterocycles. The zero-order chi connectivity index (χ0) is 10.8. The third kappa shape index (κ3) is 1.77. The van der Waals surface area contributed by atoms with Gasteiger partial charge in [0.2, 0.25) is 5.91 Å². The number of aromatic nitrogens is 1. The van der Waals surface area contributed by atoms with E-state index in [0.717, 1.165) is 13.1 Å². The van der Waals surface area contributed by atoms with Crippen LogP contribution in [0.3, 0.4) is 0 Å². The molecular formula is C11H16N2O2. The van der Waals surface area contributed by atoms with E-state index < -0.39 is 0 Å². The molecule has 0 N–H and O–H groups in total. The smallest absolute Gasteiger partial charge is 0.249 e. The maximum atomic E-state index is 11.7. The Balaban J connectivity index is 2.16. The number of nitrogens with zero attached hydrogens (tertiary/aromatic N) is 2. The van der Waals surface area contributed by atoms with Crippen molar-refractivity contribution in [3.05, 3.63) is 24.0 Å². The van der Waals surface area contributed by atoms with Gasteiger partial charge in [-0.1, -0.05) is 0 Å². The molecule has 1 unspecified atom stereocenters. The van der Waals surface area contributed by atoms with Crippen molar-refractivity contribution in [2.45, 2.75) is 19.5 Å². The first-order chi connectivity index (χ1) is 7.24. The molecular weight excluding hydrogens is 192 g/mol. The van der Waals surface area contributed by atoms with Crippen LogP contribution in [0.1, 0.15) is 18.7 Å². The second-order valence-electron chi connectivity index (χ2n) is 3.82. The Morgan fingerprint density at radius 3 is 3.13 bits per heavy atom. The zero-order valence-corrected chi connectivity index (χ0v) is 9.14. The van der Waals surface area contributed by atoms with Crippen LogP contribution in [-0.2, 0) is 16.1 Å². The van der Waals surface area contributed by atoms with E-state index in [1.165, 1.54) is 5.69 Å². The summed E-state index contributed by atoms with van der Waals surface area (Å²) >= 11 is 0.